The number of nitrogens with zero attached hydrogens (tertiary/aromatic N) is 2. The van der Waals surface area contributed by atoms with Gasteiger partial charge in [-0.1, -0.05) is 0 Å². The third-order valence-electron chi connectivity index (χ3n) is 3.95. The number of nitrogens with two attached hydrogens (primary N) is 2. The summed E-state index contributed by atoms with van der Waals surface area (Å²) in [5.41, 5.74) is 13.1. The molecule has 96 valence electrons. The Morgan fingerprint density at radius 2 is 1.94 bits per heavy atom. The molecule has 2 heterocycles. The molecule has 0 spiro atoms. The molecule has 5 nitrogen and oxygen atoms in total. The van der Waals surface area contributed by atoms with Gasteiger partial charge in [-0.05, 0) is 50.3 Å². The maximum atomic E-state index is 5.72. The molecule has 2 aromatic rings. The molecule has 5 N–H and O–H groups in total. The van der Waals surface area contributed by atoms with Gasteiger partial charge in [0.05, 0.1) is 5.52 Å². The largest absolute Gasteiger partial charge is 0.384 e. The minimum Gasteiger partial charge on any atom is -0.384 e. The van der Waals surface area contributed by atoms with Crippen molar-refractivity contribution in [1.82, 2.24) is 15.0 Å². The van der Waals surface area contributed by atoms with E-state index in [9.17, 15) is 0 Å². The number of pyridine rings is 1. The lowest BCUT2D eigenvalue weighted by Crippen LogP contribution is -2.21. The summed E-state index contributed by atoms with van der Waals surface area (Å²) >= 11 is 0. The highest BCUT2D eigenvalue weighted by atomic mass is 15.0. The molecular weight excluding hydrogens is 226 g/mol. The van der Waals surface area contributed by atoms with Gasteiger partial charge in [0.25, 0.3) is 0 Å². The standard InChI is InChI=1S/C13H19N5/c14-7-8-1-3-9(4-2-8)12-16-10-5-6-11(15)17-13(10)18-12/h5-6,8-9H,1-4,7,14H2,(H3,15,16,17,18). The van der Waals surface area contributed by atoms with Crippen molar-refractivity contribution in [3.05, 3.63) is 18.0 Å². The maximum absolute atomic E-state index is 5.72. The SMILES string of the molecule is NCC1CCC(c2nc3nc(N)ccc3[nH]2)CC1. The summed E-state index contributed by atoms with van der Waals surface area (Å²) < 4.78 is 0. The van der Waals surface area contributed by atoms with Crippen molar-refractivity contribution in [2.75, 3.05) is 12.3 Å². The second-order valence-corrected chi connectivity index (χ2v) is 5.18. The van der Waals surface area contributed by atoms with Crippen LogP contribution in [0, 0.1) is 5.92 Å². The van der Waals surface area contributed by atoms with Gasteiger partial charge in [-0.2, -0.15) is 0 Å². The summed E-state index contributed by atoms with van der Waals surface area (Å²) in [7, 11) is 0. The van der Waals surface area contributed by atoms with Crippen molar-refractivity contribution < 1.29 is 0 Å². The first-order chi connectivity index (χ1) is 8.76. The highest BCUT2D eigenvalue weighted by molar-refractivity contribution is 5.72. The van der Waals surface area contributed by atoms with E-state index in [-0.39, 0.29) is 0 Å². The number of rotatable bonds is 2. The predicted molar refractivity (Wildman–Crippen MR) is 72.1 cm³/mol. The van der Waals surface area contributed by atoms with Crippen LogP contribution in [0.4, 0.5) is 5.82 Å². The number of anilines is 1. The monoisotopic (exact) mass is 245 g/mol. The average molecular weight is 245 g/mol. The number of hydrogen-bond donors (Lipinski definition) is 3. The lowest BCUT2D eigenvalue weighted by atomic mass is 9.82. The van der Waals surface area contributed by atoms with Crippen LogP contribution in [-0.2, 0) is 0 Å². The fraction of sp³-hybridized carbons (Fsp3) is 0.538. The number of aromatic nitrogens is 3. The molecule has 0 bridgehead atoms. The third-order valence-corrected chi connectivity index (χ3v) is 3.95. The fourth-order valence-corrected chi connectivity index (χ4v) is 2.79. The lowest BCUT2D eigenvalue weighted by molar-refractivity contribution is 0.326. The molecule has 1 fully saturated rings. The molecule has 1 aliphatic rings. The number of imidazole rings is 1. The van der Waals surface area contributed by atoms with E-state index in [1.165, 1.54) is 12.8 Å². The summed E-state index contributed by atoms with van der Waals surface area (Å²) in [6, 6.07) is 3.75. The zero-order chi connectivity index (χ0) is 12.5. The van der Waals surface area contributed by atoms with E-state index in [0.717, 1.165) is 36.4 Å². The second kappa shape index (κ2) is 4.57. The zero-order valence-corrected chi connectivity index (χ0v) is 10.4. The minimum atomic E-state index is 0.517. The van der Waals surface area contributed by atoms with Crippen LogP contribution in [0.2, 0.25) is 0 Å². The van der Waals surface area contributed by atoms with Gasteiger partial charge in [0.2, 0.25) is 0 Å². The van der Waals surface area contributed by atoms with Crippen molar-refractivity contribution in [2.45, 2.75) is 31.6 Å². The number of hydrogen-bond acceptors (Lipinski definition) is 4. The Bertz CT molecular complexity index is 539. The molecule has 0 aliphatic heterocycles. The summed E-state index contributed by atoms with van der Waals surface area (Å²) in [4.78, 5) is 12.2. The van der Waals surface area contributed by atoms with E-state index in [0.29, 0.717) is 17.7 Å². The number of H-pyrrole nitrogens is 1. The summed E-state index contributed by atoms with van der Waals surface area (Å²) in [6.07, 6.45) is 4.73. The van der Waals surface area contributed by atoms with Crippen molar-refractivity contribution in [3.8, 4) is 0 Å². The van der Waals surface area contributed by atoms with Crippen LogP contribution in [0.1, 0.15) is 37.4 Å². The van der Waals surface area contributed by atoms with Gasteiger partial charge in [0, 0.05) is 5.92 Å². The van der Waals surface area contributed by atoms with Gasteiger partial charge in [-0.3, -0.25) is 0 Å². The van der Waals surface area contributed by atoms with Crippen LogP contribution in [0.15, 0.2) is 12.1 Å². The van der Waals surface area contributed by atoms with E-state index < -0.39 is 0 Å². The number of aromatic amines is 1. The predicted octanol–water partition coefficient (Wildman–Crippen LogP) is 1.77. The van der Waals surface area contributed by atoms with Gasteiger partial charge in [0.1, 0.15) is 11.6 Å². The Balaban J connectivity index is 1.82. The third kappa shape index (κ3) is 2.06. The Hall–Kier alpha value is -1.62. The van der Waals surface area contributed by atoms with Crippen LogP contribution in [-0.4, -0.2) is 21.5 Å². The quantitative estimate of drug-likeness (QED) is 0.751. The van der Waals surface area contributed by atoms with Crippen molar-refractivity contribution >= 4 is 17.0 Å². The zero-order valence-electron chi connectivity index (χ0n) is 10.4. The van der Waals surface area contributed by atoms with Gasteiger partial charge >= 0.3 is 0 Å². The molecule has 0 saturated heterocycles. The van der Waals surface area contributed by atoms with E-state index in [2.05, 4.69) is 15.0 Å². The molecule has 1 aliphatic carbocycles. The van der Waals surface area contributed by atoms with Gasteiger partial charge < -0.3 is 16.5 Å². The summed E-state index contributed by atoms with van der Waals surface area (Å²) in [6.45, 7) is 0.810. The van der Waals surface area contributed by atoms with Crippen LogP contribution < -0.4 is 11.5 Å². The first-order valence-electron chi connectivity index (χ1n) is 6.58. The van der Waals surface area contributed by atoms with Crippen molar-refractivity contribution in [2.24, 2.45) is 11.7 Å². The Kier molecular flexibility index (Phi) is 2.91. The highest BCUT2D eigenvalue weighted by Gasteiger charge is 2.23. The number of fused-ring (bicyclic) bond motifs is 1. The Morgan fingerprint density at radius 1 is 1.17 bits per heavy atom. The molecule has 1 saturated carbocycles. The number of nitrogens with one attached hydrogen (secondary N) is 1. The molecule has 0 radical (unpaired) electrons. The molecule has 5 heteroatoms. The molecule has 3 rings (SSSR count). The first-order valence-corrected chi connectivity index (χ1v) is 6.58. The van der Waals surface area contributed by atoms with E-state index >= 15 is 0 Å². The smallest absolute Gasteiger partial charge is 0.179 e. The number of nitrogen functional groups attached to an aromatic ring is 1. The maximum Gasteiger partial charge on any atom is 0.179 e. The van der Waals surface area contributed by atoms with Gasteiger partial charge in [-0.15, -0.1) is 0 Å². The average Bonchev–Trinajstić information content (AvgIpc) is 2.81. The van der Waals surface area contributed by atoms with Gasteiger partial charge in [0.15, 0.2) is 5.65 Å². The molecule has 0 amide bonds. The molecule has 0 atom stereocenters. The normalized spacial score (nSPS) is 24.5. The van der Waals surface area contributed by atoms with E-state index in [1.54, 1.807) is 6.07 Å². The summed E-state index contributed by atoms with van der Waals surface area (Å²) in [5.74, 6) is 2.79. The highest BCUT2D eigenvalue weighted by Crippen LogP contribution is 2.34. The van der Waals surface area contributed by atoms with Crippen molar-refractivity contribution in [3.63, 3.8) is 0 Å². The first kappa shape index (κ1) is 11.5. The summed E-state index contributed by atoms with van der Waals surface area (Å²) in [5, 5.41) is 0. The van der Waals surface area contributed by atoms with Crippen LogP contribution in [0.25, 0.3) is 11.2 Å². The second-order valence-electron chi connectivity index (χ2n) is 5.18. The van der Waals surface area contributed by atoms with Crippen molar-refractivity contribution in [1.29, 1.82) is 0 Å². The van der Waals surface area contributed by atoms with Crippen LogP contribution >= 0.6 is 0 Å². The Morgan fingerprint density at radius 3 is 2.67 bits per heavy atom. The fourth-order valence-electron chi connectivity index (χ4n) is 2.79. The molecule has 18 heavy (non-hydrogen) atoms. The van der Waals surface area contributed by atoms with E-state index in [1.807, 2.05) is 6.07 Å². The van der Waals surface area contributed by atoms with Crippen LogP contribution in [0.3, 0.4) is 0 Å². The van der Waals surface area contributed by atoms with Gasteiger partial charge in [-0.25, -0.2) is 9.97 Å². The molecule has 0 aromatic carbocycles. The Labute approximate surface area is 106 Å². The lowest BCUT2D eigenvalue weighted by Gasteiger charge is -2.26. The van der Waals surface area contributed by atoms with Crippen LogP contribution in [0.5, 0.6) is 0 Å². The minimum absolute atomic E-state index is 0.517. The molecule has 2 aromatic heterocycles. The van der Waals surface area contributed by atoms with E-state index in [4.69, 9.17) is 11.5 Å². The molecular formula is C13H19N5. The molecule has 0 unspecified atom stereocenters. The topological polar surface area (TPSA) is 93.6 Å².